The average molecular weight is 313 g/mol. The molecule has 0 saturated carbocycles. The standard InChI is InChI=1S/C17H15NO5/c1-18(2)17(21)22-14-4-3-10-7-15(23-16(10)9-14)11-5-12(19)8-13(20)6-11/h3-9,19-20H,1-2H3. The van der Waals surface area contributed by atoms with Gasteiger partial charge in [0.1, 0.15) is 28.6 Å². The van der Waals surface area contributed by atoms with Gasteiger partial charge in [-0.25, -0.2) is 4.79 Å². The molecule has 23 heavy (non-hydrogen) atoms. The second kappa shape index (κ2) is 5.57. The molecule has 6 nitrogen and oxygen atoms in total. The van der Waals surface area contributed by atoms with E-state index in [1.54, 1.807) is 38.4 Å². The summed E-state index contributed by atoms with van der Waals surface area (Å²) in [5.41, 5.74) is 1.08. The maximum atomic E-state index is 11.6. The van der Waals surface area contributed by atoms with Crippen molar-refractivity contribution in [3.8, 4) is 28.6 Å². The lowest BCUT2D eigenvalue weighted by molar-refractivity contribution is 0.172. The molecule has 1 aromatic heterocycles. The number of nitrogens with zero attached hydrogens (tertiary/aromatic N) is 1. The van der Waals surface area contributed by atoms with Crippen molar-refractivity contribution >= 4 is 17.1 Å². The van der Waals surface area contributed by atoms with Crippen molar-refractivity contribution in [2.45, 2.75) is 0 Å². The smallest absolute Gasteiger partial charge is 0.414 e. The molecule has 0 aliphatic rings. The summed E-state index contributed by atoms with van der Waals surface area (Å²) in [5.74, 6) is 0.750. The molecule has 0 atom stereocenters. The second-order valence-electron chi connectivity index (χ2n) is 5.31. The molecule has 3 aromatic rings. The van der Waals surface area contributed by atoms with Crippen LogP contribution in [-0.4, -0.2) is 35.3 Å². The molecule has 2 N–H and O–H groups in total. The van der Waals surface area contributed by atoms with Gasteiger partial charge in [-0.2, -0.15) is 0 Å². The first-order chi connectivity index (χ1) is 10.9. The van der Waals surface area contributed by atoms with Crippen LogP contribution >= 0.6 is 0 Å². The number of benzene rings is 2. The van der Waals surface area contributed by atoms with Gasteiger partial charge in [0.2, 0.25) is 0 Å². The Balaban J connectivity index is 1.97. The minimum atomic E-state index is -0.478. The highest BCUT2D eigenvalue weighted by Gasteiger charge is 2.11. The zero-order valence-electron chi connectivity index (χ0n) is 12.6. The molecule has 6 heteroatoms. The van der Waals surface area contributed by atoms with E-state index in [-0.39, 0.29) is 11.5 Å². The van der Waals surface area contributed by atoms with Crippen molar-refractivity contribution in [2.75, 3.05) is 14.1 Å². The molecule has 0 bridgehead atoms. The third kappa shape index (κ3) is 3.06. The lowest BCUT2D eigenvalue weighted by Crippen LogP contribution is -2.25. The van der Waals surface area contributed by atoms with Gasteiger partial charge in [0, 0.05) is 37.2 Å². The summed E-state index contributed by atoms with van der Waals surface area (Å²) in [7, 11) is 3.19. The number of phenols is 2. The Morgan fingerprint density at radius 2 is 1.74 bits per heavy atom. The molecular formula is C17H15NO5. The van der Waals surface area contributed by atoms with Gasteiger partial charge >= 0.3 is 6.09 Å². The predicted molar refractivity (Wildman–Crippen MR) is 84.7 cm³/mol. The third-order valence-electron chi connectivity index (χ3n) is 3.25. The number of fused-ring (bicyclic) bond motifs is 1. The summed E-state index contributed by atoms with van der Waals surface area (Å²) >= 11 is 0. The van der Waals surface area contributed by atoms with E-state index in [0.29, 0.717) is 22.7 Å². The van der Waals surface area contributed by atoms with E-state index in [4.69, 9.17) is 9.15 Å². The van der Waals surface area contributed by atoms with Gasteiger partial charge in [0.05, 0.1) is 0 Å². The third-order valence-corrected chi connectivity index (χ3v) is 3.25. The zero-order valence-corrected chi connectivity index (χ0v) is 12.6. The highest BCUT2D eigenvalue weighted by Crippen LogP contribution is 2.33. The average Bonchev–Trinajstić information content (AvgIpc) is 2.89. The monoisotopic (exact) mass is 313 g/mol. The Morgan fingerprint density at radius 1 is 1.04 bits per heavy atom. The van der Waals surface area contributed by atoms with E-state index < -0.39 is 6.09 Å². The van der Waals surface area contributed by atoms with Crippen LogP contribution in [0.3, 0.4) is 0 Å². The lowest BCUT2D eigenvalue weighted by Gasteiger charge is -2.10. The van der Waals surface area contributed by atoms with Crippen LogP contribution in [0, 0.1) is 0 Å². The lowest BCUT2D eigenvalue weighted by atomic mass is 10.1. The summed E-state index contributed by atoms with van der Waals surface area (Å²) in [4.78, 5) is 12.9. The van der Waals surface area contributed by atoms with E-state index >= 15 is 0 Å². The van der Waals surface area contributed by atoms with Crippen molar-refractivity contribution in [2.24, 2.45) is 0 Å². The molecule has 3 rings (SSSR count). The van der Waals surface area contributed by atoms with Gasteiger partial charge in [-0.15, -0.1) is 0 Å². The second-order valence-corrected chi connectivity index (χ2v) is 5.31. The quantitative estimate of drug-likeness (QED) is 0.755. The van der Waals surface area contributed by atoms with E-state index in [2.05, 4.69) is 0 Å². The van der Waals surface area contributed by atoms with Crippen molar-refractivity contribution < 1.29 is 24.2 Å². The fourth-order valence-electron chi connectivity index (χ4n) is 2.15. The van der Waals surface area contributed by atoms with Gasteiger partial charge in [-0.3, -0.25) is 0 Å². The number of hydrogen-bond acceptors (Lipinski definition) is 5. The van der Waals surface area contributed by atoms with Gasteiger partial charge in [0.15, 0.2) is 0 Å². The summed E-state index contributed by atoms with van der Waals surface area (Å²) in [6.45, 7) is 0. The van der Waals surface area contributed by atoms with E-state index in [9.17, 15) is 15.0 Å². The first-order valence-corrected chi connectivity index (χ1v) is 6.88. The zero-order chi connectivity index (χ0) is 16.6. The molecule has 0 aliphatic heterocycles. The minimum Gasteiger partial charge on any atom is -0.508 e. The number of hydrogen-bond donors (Lipinski definition) is 2. The summed E-state index contributed by atoms with van der Waals surface area (Å²) in [5, 5.41) is 19.9. The van der Waals surface area contributed by atoms with Crippen LogP contribution in [0.5, 0.6) is 17.2 Å². The highest BCUT2D eigenvalue weighted by molar-refractivity contribution is 5.85. The van der Waals surface area contributed by atoms with Crippen LogP contribution in [0.15, 0.2) is 46.9 Å². The minimum absolute atomic E-state index is 0.0546. The van der Waals surface area contributed by atoms with Crippen molar-refractivity contribution in [1.82, 2.24) is 4.90 Å². The molecule has 0 aliphatic carbocycles. The number of ether oxygens (including phenoxy) is 1. The molecule has 2 aromatic carbocycles. The fraction of sp³-hybridized carbons (Fsp3) is 0.118. The number of carbonyl (C=O) groups is 1. The van der Waals surface area contributed by atoms with Gasteiger partial charge in [0.25, 0.3) is 0 Å². The number of furan rings is 1. The topological polar surface area (TPSA) is 83.1 Å². The van der Waals surface area contributed by atoms with E-state index in [1.165, 1.54) is 23.1 Å². The van der Waals surface area contributed by atoms with Crippen LogP contribution in [-0.2, 0) is 0 Å². The fourth-order valence-corrected chi connectivity index (χ4v) is 2.15. The Kier molecular flexibility index (Phi) is 3.57. The maximum absolute atomic E-state index is 11.6. The number of rotatable bonds is 2. The molecule has 0 unspecified atom stereocenters. The Morgan fingerprint density at radius 3 is 2.39 bits per heavy atom. The molecule has 0 fully saturated rings. The molecule has 0 radical (unpaired) electrons. The van der Waals surface area contributed by atoms with Crippen molar-refractivity contribution in [3.05, 3.63) is 42.5 Å². The van der Waals surface area contributed by atoms with Gasteiger partial charge in [-0.1, -0.05) is 0 Å². The van der Waals surface area contributed by atoms with Crippen molar-refractivity contribution in [3.63, 3.8) is 0 Å². The highest BCUT2D eigenvalue weighted by atomic mass is 16.6. The Hall–Kier alpha value is -3.15. The summed E-state index contributed by atoms with van der Waals surface area (Å²) in [6, 6.07) is 11.1. The largest absolute Gasteiger partial charge is 0.508 e. The molecule has 118 valence electrons. The van der Waals surface area contributed by atoms with Crippen LogP contribution in [0.25, 0.3) is 22.3 Å². The first-order valence-electron chi connectivity index (χ1n) is 6.88. The van der Waals surface area contributed by atoms with Gasteiger partial charge in [-0.05, 0) is 30.3 Å². The van der Waals surface area contributed by atoms with E-state index in [0.717, 1.165) is 5.39 Å². The maximum Gasteiger partial charge on any atom is 0.414 e. The molecule has 0 saturated heterocycles. The van der Waals surface area contributed by atoms with Gasteiger partial charge < -0.3 is 24.3 Å². The number of carbonyl (C=O) groups excluding carboxylic acids is 1. The van der Waals surface area contributed by atoms with Crippen LogP contribution in [0.2, 0.25) is 0 Å². The van der Waals surface area contributed by atoms with Crippen LogP contribution in [0.4, 0.5) is 4.79 Å². The molecular weight excluding hydrogens is 298 g/mol. The number of aromatic hydroxyl groups is 2. The van der Waals surface area contributed by atoms with E-state index in [1.807, 2.05) is 0 Å². The first kappa shape index (κ1) is 14.8. The molecule has 1 heterocycles. The predicted octanol–water partition coefficient (Wildman–Crippen LogP) is 3.57. The van der Waals surface area contributed by atoms with Crippen LogP contribution in [0.1, 0.15) is 0 Å². The number of amides is 1. The molecule has 0 spiro atoms. The Labute approximate surface area is 132 Å². The summed E-state index contributed by atoms with van der Waals surface area (Å²) < 4.78 is 10.9. The molecule has 1 amide bonds. The summed E-state index contributed by atoms with van der Waals surface area (Å²) in [6.07, 6.45) is -0.478. The Bertz CT molecular complexity index is 862. The van der Waals surface area contributed by atoms with Crippen molar-refractivity contribution in [1.29, 1.82) is 0 Å². The normalized spacial score (nSPS) is 10.7. The van der Waals surface area contributed by atoms with Crippen LogP contribution < -0.4 is 4.74 Å². The SMILES string of the molecule is CN(C)C(=O)Oc1ccc2cc(-c3cc(O)cc(O)c3)oc2c1. The number of phenolic OH excluding ortho intramolecular Hbond substituents is 2.